The quantitative estimate of drug-likeness (QED) is 0.912. The van der Waals surface area contributed by atoms with Gasteiger partial charge in [-0.15, -0.1) is 11.3 Å². The number of aromatic nitrogens is 1. The number of carboxylic acid groups (broad SMARTS) is 1. The summed E-state index contributed by atoms with van der Waals surface area (Å²) >= 11 is 1.42. The fourth-order valence-corrected chi connectivity index (χ4v) is 2.39. The minimum Gasteiger partial charge on any atom is -0.481 e. The van der Waals surface area contributed by atoms with Crippen LogP contribution in [0.3, 0.4) is 0 Å². The van der Waals surface area contributed by atoms with Crippen LogP contribution in [0.2, 0.25) is 0 Å². The summed E-state index contributed by atoms with van der Waals surface area (Å²) in [5.41, 5.74) is 1.37. The Labute approximate surface area is 102 Å². The first-order chi connectivity index (χ1) is 8.06. The maximum absolute atomic E-state index is 12.8. The molecule has 0 fully saturated rings. The van der Waals surface area contributed by atoms with Gasteiger partial charge in [-0.25, -0.2) is 9.37 Å². The zero-order valence-electron chi connectivity index (χ0n) is 9.11. The fraction of sp³-hybridized carbons (Fsp3) is 0.167. The second-order valence-electron chi connectivity index (χ2n) is 3.60. The summed E-state index contributed by atoms with van der Waals surface area (Å²) in [6.45, 7) is 1.84. The number of hydrogen-bond donors (Lipinski definition) is 1. The Morgan fingerprint density at radius 1 is 1.41 bits per heavy atom. The maximum atomic E-state index is 12.8. The van der Waals surface area contributed by atoms with E-state index in [1.807, 2.05) is 6.92 Å². The Kier molecular flexibility index (Phi) is 3.19. The number of carboxylic acids is 1. The Morgan fingerprint density at radius 3 is 2.65 bits per heavy atom. The van der Waals surface area contributed by atoms with Crippen molar-refractivity contribution < 1.29 is 14.3 Å². The molecule has 0 saturated carbocycles. The van der Waals surface area contributed by atoms with Crippen LogP contribution in [0.1, 0.15) is 10.6 Å². The molecule has 88 valence electrons. The van der Waals surface area contributed by atoms with Crippen molar-refractivity contribution in [2.24, 2.45) is 0 Å². The van der Waals surface area contributed by atoms with Crippen molar-refractivity contribution in [3.63, 3.8) is 0 Å². The average molecular weight is 251 g/mol. The molecular weight excluding hydrogens is 241 g/mol. The zero-order chi connectivity index (χ0) is 12.4. The Morgan fingerprint density at radius 2 is 2.06 bits per heavy atom. The molecule has 1 aromatic carbocycles. The van der Waals surface area contributed by atoms with E-state index in [2.05, 4.69) is 4.98 Å². The van der Waals surface area contributed by atoms with Crippen LogP contribution in [0.4, 0.5) is 4.39 Å². The van der Waals surface area contributed by atoms with Crippen molar-refractivity contribution in [1.29, 1.82) is 0 Å². The Balaban J connectivity index is 2.34. The summed E-state index contributed by atoms with van der Waals surface area (Å²) in [6, 6.07) is 6.00. The third-order valence-corrected chi connectivity index (χ3v) is 3.36. The normalized spacial score (nSPS) is 10.5. The molecule has 0 radical (unpaired) electrons. The molecule has 0 amide bonds. The molecule has 3 nitrogen and oxygen atoms in total. The summed E-state index contributed by atoms with van der Waals surface area (Å²) in [5.74, 6) is -1.20. The van der Waals surface area contributed by atoms with Crippen LogP contribution in [-0.2, 0) is 11.2 Å². The number of rotatable bonds is 3. The standard InChI is InChI=1S/C12H10FNO2S/c1-7-10(6-11(15)16)14-12(17-7)8-2-4-9(13)5-3-8/h2-5H,6H2,1H3,(H,15,16). The van der Waals surface area contributed by atoms with Gasteiger partial charge in [0.25, 0.3) is 0 Å². The summed E-state index contributed by atoms with van der Waals surface area (Å²) in [5, 5.41) is 9.44. The van der Waals surface area contributed by atoms with Crippen molar-refractivity contribution in [2.75, 3.05) is 0 Å². The van der Waals surface area contributed by atoms with Crippen molar-refractivity contribution in [2.45, 2.75) is 13.3 Å². The Hall–Kier alpha value is -1.75. The van der Waals surface area contributed by atoms with Gasteiger partial charge in [-0.1, -0.05) is 0 Å². The molecule has 1 N–H and O–H groups in total. The molecule has 2 aromatic rings. The monoisotopic (exact) mass is 251 g/mol. The van der Waals surface area contributed by atoms with Gasteiger partial charge in [0.1, 0.15) is 10.8 Å². The lowest BCUT2D eigenvalue weighted by atomic mass is 10.2. The number of halogens is 1. The summed E-state index contributed by atoms with van der Waals surface area (Å²) in [7, 11) is 0. The van der Waals surface area contributed by atoms with Crippen LogP contribution >= 0.6 is 11.3 Å². The number of aryl methyl sites for hydroxylation is 1. The van der Waals surface area contributed by atoms with Crippen LogP contribution in [0.25, 0.3) is 10.6 Å². The van der Waals surface area contributed by atoms with E-state index in [0.29, 0.717) is 5.69 Å². The summed E-state index contributed by atoms with van der Waals surface area (Å²) in [6.07, 6.45) is -0.0798. The zero-order valence-corrected chi connectivity index (χ0v) is 9.92. The first-order valence-corrected chi connectivity index (χ1v) is 5.82. The molecule has 0 bridgehead atoms. The first kappa shape index (κ1) is 11.7. The Bertz CT molecular complexity index is 548. The van der Waals surface area contributed by atoms with Gasteiger partial charge in [0.05, 0.1) is 12.1 Å². The molecule has 0 atom stereocenters. The van der Waals surface area contributed by atoms with E-state index < -0.39 is 5.97 Å². The van der Waals surface area contributed by atoms with Gasteiger partial charge in [-0.05, 0) is 31.2 Å². The largest absolute Gasteiger partial charge is 0.481 e. The maximum Gasteiger partial charge on any atom is 0.309 e. The number of aliphatic carboxylic acids is 1. The molecular formula is C12H10FNO2S. The second kappa shape index (κ2) is 4.63. The molecule has 0 aliphatic carbocycles. The number of carbonyl (C=O) groups is 1. The lowest BCUT2D eigenvalue weighted by molar-refractivity contribution is -0.136. The minimum atomic E-state index is -0.899. The topological polar surface area (TPSA) is 50.2 Å². The van der Waals surface area contributed by atoms with Crippen LogP contribution < -0.4 is 0 Å². The van der Waals surface area contributed by atoms with Crippen molar-refractivity contribution >= 4 is 17.3 Å². The molecule has 0 saturated heterocycles. The SMILES string of the molecule is Cc1sc(-c2ccc(F)cc2)nc1CC(=O)O. The highest BCUT2D eigenvalue weighted by Gasteiger charge is 2.12. The van der Waals surface area contributed by atoms with Gasteiger partial charge in [-0.3, -0.25) is 4.79 Å². The smallest absolute Gasteiger partial charge is 0.309 e. The molecule has 17 heavy (non-hydrogen) atoms. The number of nitrogens with zero attached hydrogens (tertiary/aromatic N) is 1. The molecule has 0 aliphatic rings. The van der Waals surface area contributed by atoms with Crippen LogP contribution in [0, 0.1) is 12.7 Å². The highest BCUT2D eigenvalue weighted by atomic mass is 32.1. The van der Waals surface area contributed by atoms with Crippen LogP contribution in [0.15, 0.2) is 24.3 Å². The third-order valence-electron chi connectivity index (χ3n) is 2.30. The number of hydrogen-bond acceptors (Lipinski definition) is 3. The van der Waals surface area contributed by atoms with Gasteiger partial charge in [0.15, 0.2) is 0 Å². The van der Waals surface area contributed by atoms with E-state index in [4.69, 9.17) is 5.11 Å². The van der Waals surface area contributed by atoms with E-state index in [1.165, 1.54) is 23.5 Å². The first-order valence-electron chi connectivity index (χ1n) is 5.00. The predicted octanol–water partition coefficient (Wildman–Crippen LogP) is 2.88. The lowest BCUT2D eigenvalue weighted by Gasteiger charge is -1.94. The van der Waals surface area contributed by atoms with Gasteiger partial charge in [0.2, 0.25) is 0 Å². The van der Waals surface area contributed by atoms with E-state index in [0.717, 1.165) is 15.4 Å². The lowest BCUT2D eigenvalue weighted by Crippen LogP contribution is -2.01. The van der Waals surface area contributed by atoms with E-state index in [1.54, 1.807) is 12.1 Å². The molecule has 1 heterocycles. The molecule has 0 aliphatic heterocycles. The van der Waals surface area contributed by atoms with Crippen molar-refractivity contribution in [1.82, 2.24) is 4.98 Å². The van der Waals surface area contributed by atoms with Crippen LogP contribution in [-0.4, -0.2) is 16.1 Å². The molecule has 5 heteroatoms. The van der Waals surface area contributed by atoms with Crippen molar-refractivity contribution in [3.05, 3.63) is 40.7 Å². The minimum absolute atomic E-state index is 0.0798. The van der Waals surface area contributed by atoms with E-state index in [-0.39, 0.29) is 12.2 Å². The van der Waals surface area contributed by atoms with E-state index in [9.17, 15) is 9.18 Å². The summed E-state index contributed by atoms with van der Waals surface area (Å²) < 4.78 is 12.8. The molecule has 1 aromatic heterocycles. The van der Waals surface area contributed by atoms with Crippen molar-refractivity contribution in [3.8, 4) is 10.6 Å². The summed E-state index contributed by atoms with van der Waals surface area (Å²) in [4.78, 5) is 15.8. The third kappa shape index (κ3) is 2.68. The highest BCUT2D eigenvalue weighted by molar-refractivity contribution is 7.15. The number of benzene rings is 1. The van der Waals surface area contributed by atoms with Gasteiger partial charge < -0.3 is 5.11 Å². The van der Waals surface area contributed by atoms with Gasteiger partial charge in [0, 0.05) is 10.4 Å². The fourth-order valence-electron chi connectivity index (χ4n) is 1.45. The molecule has 0 unspecified atom stereocenters. The van der Waals surface area contributed by atoms with Crippen LogP contribution in [0.5, 0.6) is 0 Å². The highest BCUT2D eigenvalue weighted by Crippen LogP contribution is 2.27. The predicted molar refractivity (Wildman–Crippen MR) is 63.6 cm³/mol. The second-order valence-corrected chi connectivity index (χ2v) is 4.80. The van der Waals surface area contributed by atoms with Gasteiger partial charge >= 0.3 is 5.97 Å². The number of thiazole rings is 1. The molecule has 0 spiro atoms. The molecule has 2 rings (SSSR count). The van der Waals surface area contributed by atoms with E-state index >= 15 is 0 Å². The average Bonchev–Trinajstić information content (AvgIpc) is 2.60. The van der Waals surface area contributed by atoms with Gasteiger partial charge in [-0.2, -0.15) is 0 Å².